The summed E-state index contributed by atoms with van der Waals surface area (Å²) in [6.07, 6.45) is -0.938. The number of carbonyl (C=O) groups is 8. The predicted octanol–water partition coefficient (Wildman–Crippen LogP) is -0.972. The minimum atomic E-state index is -1.38. The van der Waals surface area contributed by atoms with Crippen LogP contribution < -0.4 is 11.5 Å². The van der Waals surface area contributed by atoms with E-state index in [-0.39, 0.29) is 39.4 Å². The fourth-order valence-electron chi connectivity index (χ4n) is 5.49. The molecule has 54 heavy (non-hydrogen) atoms. The van der Waals surface area contributed by atoms with Crippen molar-refractivity contribution in [3.8, 4) is 0 Å². The Bertz CT molecular complexity index is 1530. The van der Waals surface area contributed by atoms with Crippen molar-refractivity contribution in [3.63, 3.8) is 0 Å². The molecule has 18 nitrogen and oxygen atoms in total. The minimum absolute atomic E-state index is 0.000370. The molecule has 2 aromatic rings. The Morgan fingerprint density at radius 2 is 0.870 bits per heavy atom. The van der Waals surface area contributed by atoms with Crippen molar-refractivity contribution in [2.75, 3.05) is 39.6 Å². The van der Waals surface area contributed by atoms with E-state index in [1.165, 1.54) is 0 Å². The first-order valence-corrected chi connectivity index (χ1v) is 17.1. The third kappa shape index (κ3) is 11.7. The van der Waals surface area contributed by atoms with E-state index in [1.54, 1.807) is 72.2 Å². The van der Waals surface area contributed by atoms with Crippen molar-refractivity contribution in [2.45, 2.75) is 64.1 Å². The lowest BCUT2D eigenvalue weighted by molar-refractivity contribution is -0.170. The summed E-state index contributed by atoms with van der Waals surface area (Å²) in [5.41, 5.74) is 13.1. The Labute approximate surface area is 311 Å². The summed E-state index contributed by atoms with van der Waals surface area (Å²) < 4.78 is 20.3. The summed E-state index contributed by atoms with van der Waals surface area (Å²) in [5, 5.41) is 0. The summed E-state index contributed by atoms with van der Waals surface area (Å²) in [6, 6.07) is 14.1. The number of nitrogens with zero attached hydrogens (tertiary/aromatic N) is 4. The Morgan fingerprint density at radius 3 is 1.19 bits per heavy atom. The first-order valence-electron chi connectivity index (χ1n) is 17.1. The van der Waals surface area contributed by atoms with Crippen LogP contribution in [0.3, 0.4) is 0 Å². The number of ether oxygens (including phenoxy) is 4. The molecule has 0 aromatic heterocycles. The highest BCUT2D eigenvalue weighted by Crippen LogP contribution is 2.18. The number of rotatable bonds is 17. The van der Waals surface area contributed by atoms with E-state index < -0.39 is 98.0 Å². The van der Waals surface area contributed by atoms with Crippen molar-refractivity contribution in [3.05, 3.63) is 71.8 Å². The topological polar surface area (TPSA) is 238 Å². The average Bonchev–Trinajstić information content (AvgIpc) is 3.15. The third-order valence-electron chi connectivity index (χ3n) is 8.94. The van der Waals surface area contributed by atoms with Crippen LogP contribution in [0.2, 0.25) is 0 Å². The van der Waals surface area contributed by atoms with Crippen LogP contribution in [0, 0.1) is 0 Å². The van der Waals surface area contributed by atoms with Crippen LogP contribution >= 0.6 is 0 Å². The first-order chi connectivity index (χ1) is 25.7. The lowest BCUT2D eigenvalue weighted by Gasteiger charge is -2.43. The Balaban J connectivity index is 1.17. The van der Waals surface area contributed by atoms with Crippen molar-refractivity contribution in [1.29, 1.82) is 0 Å². The second kappa shape index (κ2) is 19.5. The van der Waals surface area contributed by atoms with Crippen LogP contribution in [0.15, 0.2) is 60.7 Å². The van der Waals surface area contributed by atoms with Crippen molar-refractivity contribution >= 4 is 47.5 Å². The minimum Gasteiger partial charge on any atom is -0.461 e. The zero-order valence-corrected chi connectivity index (χ0v) is 30.0. The molecule has 2 aromatic carbocycles. The number of benzene rings is 2. The number of amides is 4. The Kier molecular flexibility index (Phi) is 14.9. The maximum atomic E-state index is 12.9. The van der Waals surface area contributed by atoms with Crippen LogP contribution in [-0.2, 0) is 70.5 Å². The van der Waals surface area contributed by atoms with Gasteiger partial charge in [-0.3, -0.25) is 48.2 Å². The van der Waals surface area contributed by atoms with E-state index >= 15 is 0 Å². The van der Waals surface area contributed by atoms with Gasteiger partial charge in [-0.2, -0.15) is 0 Å². The molecule has 4 rings (SSSR count). The van der Waals surface area contributed by atoms with Gasteiger partial charge in [-0.25, -0.2) is 9.80 Å². The first kappa shape index (κ1) is 41.2. The molecule has 0 bridgehead atoms. The van der Waals surface area contributed by atoms with Gasteiger partial charge >= 0.3 is 23.9 Å². The van der Waals surface area contributed by atoms with Gasteiger partial charge in [-0.05, 0) is 25.0 Å². The molecule has 18 heteroatoms. The van der Waals surface area contributed by atoms with E-state index in [4.69, 9.17) is 30.4 Å². The van der Waals surface area contributed by atoms with Gasteiger partial charge in [0.05, 0.1) is 39.0 Å². The summed E-state index contributed by atoms with van der Waals surface area (Å²) in [7, 11) is 0. The maximum absolute atomic E-state index is 12.9. The second-order valence-corrected chi connectivity index (χ2v) is 12.8. The number of nitrogens with two attached hydrogens (primary N) is 2. The standard InChI is InChI=1S/C36H44N6O12/c1-23(39-15-29(43)41(30(44)16-39)21-53-35(49)27(37)13-33(47)51-19-25-9-5-3-6-10-25)24(2)40-17-31(45)42(32(46)18-40)22-54-36(50)28(38)14-34(48)52-20-26-11-7-4-8-12-26/h3-12,23-24,27-28H,13-22,37-38H2,1-2H3. The van der Waals surface area contributed by atoms with Gasteiger partial charge in [0.25, 0.3) is 0 Å². The van der Waals surface area contributed by atoms with Crippen molar-refractivity contribution < 1.29 is 57.3 Å². The Morgan fingerprint density at radius 1 is 0.556 bits per heavy atom. The number of carbonyl (C=O) groups excluding carboxylic acids is 8. The fraction of sp³-hybridized carbons (Fsp3) is 0.444. The molecule has 0 radical (unpaired) electrons. The highest BCUT2D eigenvalue weighted by molar-refractivity contribution is 6.00. The van der Waals surface area contributed by atoms with Gasteiger partial charge in [-0.1, -0.05) is 60.7 Å². The number of hydrogen-bond donors (Lipinski definition) is 2. The molecule has 2 fully saturated rings. The molecule has 2 saturated heterocycles. The quantitative estimate of drug-likeness (QED) is 0.112. The van der Waals surface area contributed by atoms with Crippen LogP contribution in [-0.4, -0.2) is 131 Å². The zero-order chi connectivity index (χ0) is 39.4. The number of hydrogen-bond acceptors (Lipinski definition) is 16. The smallest absolute Gasteiger partial charge is 0.325 e. The summed E-state index contributed by atoms with van der Waals surface area (Å²) in [4.78, 5) is 105. The molecular weight excluding hydrogens is 708 g/mol. The van der Waals surface area contributed by atoms with Crippen molar-refractivity contribution in [1.82, 2.24) is 19.6 Å². The van der Waals surface area contributed by atoms with E-state index in [2.05, 4.69) is 0 Å². The second-order valence-electron chi connectivity index (χ2n) is 12.8. The van der Waals surface area contributed by atoms with Gasteiger partial charge < -0.3 is 30.4 Å². The molecule has 290 valence electrons. The van der Waals surface area contributed by atoms with E-state index in [0.29, 0.717) is 0 Å². The molecule has 2 aliphatic rings. The molecule has 4 N–H and O–H groups in total. The molecule has 0 spiro atoms. The highest BCUT2D eigenvalue weighted by atomic mass is 16.6. The van der Waals surface area contributed by atoms with Crippen LogP contribution in [0.25, 0.3) is 0 Å². The number of imide groups is 2. The third-order valence-corrected chi connectivity index (χ3v) is 8.94. The van der Waals surface area contributed by atoms with Crippen LogP contribution in [0.5, 0.6) is 0 Å². The fourth-order valence-corrected chi connectivity index (χ4v) is 5.49. The molecule has 2 heterocycles. The molecular formula is C36H44N6O12. The lowest BCUT2D eigenvalue weighted by Crippen LogP contribution is -2.63. The lowest BCUT2D eigenvalue weighted by atomic mass is 10.1. The Hall–Kier alpha value is -5.56. The zero-order valence-electron chi connectivity index (χ0n) is 30.0. The number of esters is 4. The molecule has 4 unspecified atom stereocenters. The summed E-state index contributed by atoms with van der Waals surface area (Å²) in [5.74, 6) is -6.08. The normalized spacial score (nSPS) is 17.7. The average molecular weight is 753 g/mol. The van der Waals surface area contributed by atoms with Crippen LogP contribution in [0.4, 0.5) is 0 Å². The molecule has 0 saturated carbocycles. The summed E-state index contributed by atoms with van der Waals surface area (Å²) in [6.45, 7) is 1.14. The predicted molar refractivity (Wildman–Crippen MR) is 185 cm³/mol. The van der Waals surface area contributed by atoms with Gasteiger partial charge in [0.15, 0.2) is 13.5 Å². The van der Waals surface area contributed by atoms with Crippen molar-refractivity contribution in [2.24, 2.45) is 11.5 Å². The molecule has 4 amide bonds. The number of piperazine rings is 2. The van der Waals surface area contributed by atoms with Crippen LogP contribution in [0.1, 0.15) is 37.8 Å². The SMILES string of the molecule is CC(C(C)N1CC(=O)N(COC(=O)C(N)CC(=O)OCc2ccccc2)C(=O)C1)N1CC(=O)N(COC(=O)C(N)CC(=O)OCc2ccccc2)C(=O)C1. The molecule has 0 aliphatic carbocycles. The van der Waals surface area contributed by atoms with Gasteiger partial charge in [-0.15, -0.1) is 0 Å². The van der Waals surface area contributed by atoms with Gasteiger partial charge in [0.1, 0.15) is 25.3 Å². The largest absolute Gasteiger partial charge is 0.461 e. The molecule has 4 atom stereocenters. The maximum Gasteiger partial charge on any atom is 0.325 e. The van der Waals surface area contributed by atoms with E-state index in [9.17, 15) is 38.4 Å². The van der Waals surface area contributed by atoms with E-state index in [1.807, 2.05) is 12.1 Å². The highest BCUT2D eigenvalue weighted by Gasteiger charge is 2.40. The molecule has 2 aliphatic heterocycles. The van der Waals surface area contributed by atoms with Gasteiger partial charge in [0.2, 0.25) is 23.6 Å². The van der Waals surface area contributed by atoms with Gasteiger partial charge in [0, 0.05) is 12.1 Å². The van der Waals surface area contributed by atoms with E-state index in [0.717, 1.165) is 20.9 Å². The summed E-state index contributed by atoms with van der Waals surface area (Å²) >= 11 is 0. The monoisotopic (exact) mass is 752 g/mol.